The molecule has 11 heteroatoms. The zero-order valence-corrected chi connectivity index (χ0v) is 19.8. The number of alkyl halides is 5. The van der Waals surface area contributed by atoms with Crippen molar-refractivity contribution in [1.82, 2.24) is 14.9 Å². The minimum absolute atomic E-state index is 0.0554. The molecule has 3 heterocycles. The molecule has 0 spiro atoms. The molecule has 2 unspecified atom stereocenters. The van der Waals surface area contributed by atoms with Crippen LogP contribution in [0.25, 0.3) is 11.3 Å². The summed E-state index contributed by atoms with van der Waals surface area (Å²) in [5.74, 6) is -4.02. The number of benzene rings is 1. The average Bonchev–Trinajstić information content (AvgIpc) is 3.19. The van der Waals surface area contributed by atoms with Gasteiger partial charge in [0.2, 0.25) is 0 Å². The van der Waals surface area contributed by atoms with Gasteiger partial charge in [-0.05, 0) is 25.0 Å². The Morgan fingerprint density at radius 3 is 2.54 bits per heavy atom. The monoisotopic (exact) mass is 510 g/mol. The third-order valence-electron chi connectivity index (χ3n) is 5.90. The summed E-state index contributed by atoms with van der Waals surface area (Å²) in [6.07, 6.45) is -4.21. The number of pyridine rings is 1. The Kier molecular flexibility index (Phi) is 6.81. The summed E-state index contributed by atoms with van der Waals surface area (Å²) in [4.78, 5) is 23.3. The van der Waals surface area contributed by atoms with E-state index in [0.717, 1.165) is 22.3 Å². The molecule has 1 fully saturated rings. The number of carbonyl (C=O) groups excluding carboxylic acids is 1. The number of hydrogen-bond acceptors (Lipinski definition) is 5. The van der Waals surface area contributed by atoms with Crippen LogP contribution in [-0.2, 0) is 6.18 Å². The van der Waals surface area contributed by atoms with Crippen molar-refractivity contribution >= 4 is 23.1 Å². The molecule has 0 aliphatic carbocycles. The predicted octanol–water partition coefficient (Wildman–Crippen LogP) is 6.13. The normalized spacial score (nSPS) is 20.0. The van der Waals surface area contributed by atoms with Gasteiger partial charge in [0, 0.05) is 24.7 Å². The van der Waals surface area contributed by atoms with E-state index in [1.54, 1.807) is 38.1 Å². The highest BCUT2D eigenvalue weighted by Crippen LogP contribution is 2.37. The van der Waals surface area contributed by atoms with Crippen LogP contribution in [0.2, 0.25) is 0 Å². The number of likely N-dealkylation sites (tertiary alicyclic amines) is 1. The van der Waals surface area contributed by atoms with E-state index in [1.807, 2.05) is 6.07 Å². The van der Waals surface area contributed by atoms with Crippen molar-refractivity contribution in [3.63, 3.8) is 0 Å². The summed E-state index contributed by atoms with van der Waals surface area (Å²) in [5, 5.41) is 3.54. The lowest BCUT2D eigenvalue weighted by Crippen LogP contribution is -2.57. The Morgan fingerprint density at radius 2 is 1.91 bits per heavy atom. The largest absolute Gasteiger partial charge is 0.417 e. The number of nitrogens with one attached hydrogen (secondary N) is 1. The summed E-state index contributed by atoms with van der Waals surface area (Å²) in [6.45, 7) is 2.68. The maximum absolute atomic E-state index is 14.6. The van der Waals surface area contributed by atoms with Crippen LogP contribution in [0.15, 0.2) is 48.7 Å². The van der Waals surface area contributed by atoms with Crippen LogP contribution in [-0.4, -0.2) is 45.8 Å². The number of anilines is 1. The molecule has 4 rings (SSSR count). The number of aryl methyl sites for hydroxylation is 1. The number of piperidine rings is 1. The summed E-state index contributed by atoms with van der Waals surface area (Å²) < 4.78 is 67.5. The molecule has 1 aromatic carbocycles. The molecule has 2 aromatic heterocycles. The first kappa shape index (κ1) is 25.0. The lowest BCUT2D eigenvalue weighted by molar-refractivity contribution is -0.137. The van der Waals surface area contributed by atoms with E-state index >= 15 is 0 Å². The van der Waals surface area contributed by atoms with Crippen LogP contribution in [0.5, 0.6) is 0 Å². The second-order valence-corrected chi connectivity index (χ2v) is 9.83. The molecular formula is C24H23F5N4OS. The Balaban J connectivity index is 1.60. The number of aromatic nitrogens is 2. The van der Waals surface area contributed by atoms with Gasteiger partial charge in [-0.15, -0.1) is 11.3 Å². The van der Waals surface area contributed by atoms with Crippen molar-refractivity contribution < 1.29 is 26.7 Å². The van der Waals surface area contributed by atoms with Crippen LogP contribution >= 0.6 is 11.3 Å². The fourth-order valence-corrected chi connectivity index (χ4v) is 5.15. The number of rotatable bonds is 5. The van der Waals surface area contributed by atoms with Crippen LogP contribution < -0.4 is 5.32 Å². The SMILES string of the molecule is Cc1nc(-c2ccccc2)c(C(=O)N2CC(F)(F)CC(C)C2CNc2ccc(C(F)(F)F)cn2)s1. The van der Waals surface area contributed by atoms with Gasteiger partial charge in [0.15, 0.2) is 0 Å². The van der Waals surface area contributed by atoms with E-state index in [-0.39, 0.29) is 17.2 Å². The molecule has 1 saturated heterocycles. The molecule has 2 atom stereocenters. The molecule has 1 aliphatic rings. The Hall–Kier alpha value is -3.08. The quantitative estimate of drug-likeness (QED) is 0.420. The second kappa shape index (κ2) is 9.52. The molecule has 35 heavy (non-hydrogen) atoms. The molecule has 1 aliphatic heterocycles. The first-order valence-corrected chi connectivity index (χ1v) is 11.7. The van der Waals surface area contributed by atoms with E-state index in [0.29, 0.717) is 22.5 Å². The van der Waals surface area contributed by atoms with Gasteiger partial charge in [-0.2, -0.15) is 13.2 Å². The van der Waals surface area contributed by atoms with Gasteiger partial charge in [-0.25, -0.2) is 18.7 Å². The number of nitrogens with zero attached hydrogens (tertiary/aromatic N) is 3. The second-order valence-electron chi connectivity index (χ2n) is 8.63. The molecule has 0 radical (unpaired) electrons. The van der Waals surface area contributed by atoms with E-state index < -0.39 is 48.5 Å². The minimum atomic E-state index is -4.51. The van der Waals surface area contributed by atoms with E-state index in [9.17, 15) is 26.7 Å². The minimum Gasteiger partial charge on any atom is -0.368 e. The van der Waals surface area contributed by atoms with Gasteiger partial charge in [-0.1, -0.05) is 37.3 Å². The Bertz CT molecular complexity index is 1180. The van der Waals surface area contributed by atoms with Crippen molar-refractivity contribution in [2.75, 3.05) is 18.4 Å². The highest BCUT2D eigenvalue weighted by atomic mass is 32.1. The molecule has 0 bridgehead atoms. The first-order chi connectivity index (χ1) is 16.4. The van der Waals surface area contributed by atoms with Gasteiger partial charge in [-0.3, -0.25) is 4.79 Å². The topological polar surface area (TPSA) is 58.1 Å². The molecule has 186 valence electrons. The summed E-state index contributed by atoms with van der Waals surface area (Å²) >= 11 is 1.15. The van der Waals surface area contributed by atoms with Crippen molar-refractivity contribution in [3.05, 3.63) is 64.1 Å². The van der Waals surface area contributed by atoms with Crippen molar-refractivity contribution in [2.24, 2.45) is 5.92 Å². The molecule has 5 nitrogen and oxygen atoms in total. The van der Waals surface area contributed by atoms with E-state index in [1.165, 1.54) is 6.07 Å². The smallest absolute Gasteiger partial charge is 0.368 e. The van der Waals surface area contributed by atoms with Crippen molar-refractivity contribution in [3.8, 4) is 11.3 Å². The van der Waals surface area contributed by atoms with E-state index in [4.69, 9.17) is 0 Å². The number of halogens is 5. The molecular weight excluding hydrogens is 487 g/mol. The number of amides is 1. The standard InChI is InChI=1S/C24H23F5N4OS/c1-14-10-23(25,26)13-33(18(14)12-31-19-9-8-17(11-30-19)24(27,28)29)22(34)21-20(32-15(2)35-21)16-6-4-3-5-7-16/h3-9,11,14,18H,10,12-13H2,1-2H3,(H,30,31). The fourth-order valence-electron chi connectivity index (χ4n) is 4.25. The lowest BCUT2D eigenvalue weighted by atomic mass is 9.88. The number of hydrogen-bond donors (Lipinski definition) is 1. The van der Waals surface area contributed by atoms with Crippen molar-refractivity contribution in [1.29, 1.82) is 0 Å². The van der Waals surface area contributed by atoms with Crippen molar-refractivity contribution in [2.45, 2.75) is 38.4 Å². The Morgan fingerprint density at radius 1 is 1.20 bits per heavy atom. The summed E-state index contributed by atoms with van der Waals surface area (Å²) in [7, 11) is 0. The molecule has 3 aromatic rings. The van der Waals surface area contributed by atoms with Gasteiger partial charge in [0.05, 0.1) is 28.9 Å². The highest BCUT2D eigenvalue weighted by molar-refractivity contribution is 7.14. The zero-order valence-electron chi connectivity index (χ0n) is 18.9. The Labute approximate surface area is 203 Å². The predicted molar refractivity (Wildman–Crippen MR) is 124 cm³/mol. The van der Waals surface area contributed by atoms with Crippen LogP contribution in [0.4, 0.5) is 27.8 Å². The fraction of sp³-hybridized carbons (Fsp3) is 0.375. The van der Waals surface area contributed by atoms with Gasteiger partial charge >= 0.3 is 6.18 Å². The summed E-state index contributed by atoms with van der Waals surface area (Å²) in [6, 6.07) is 10.5. The van der Waals surface area contributed by atoms with Crippen LogP contribution in [0, 0.1) is 12.8 Å². The first-order valence-electron chi connectivity index (χ1n) is 10.9. The lowest BCUT2D eigenvalue weighted by Gasteiger charge is -2.43. The third kappa shape index (κ3) is 5.61. The van der Waals surface area contributed by atoms with Crippen LogP contribution in [0.1, 0.15) is 33.6 Å². The van der Waals surface area contributed by atoms with E-state index in [2.05, 4.69) is 15.3 Å². The zero-order chi connectivity index (χ0) is 25.4. The van der Waals surface area contributed by atoms with Gasteiger partial charge < -0.3 is 10.2 Å². The van der Waals surface area contributed by atoms with Gasteiger partial charge in [0.1, 0.15) is 10.7 Å². The summed E-state index contributed by atoms with van der Waals surface area (Å²) in [5.41, 5.74) is 0.260. The average molecular weight is 511 g/mol. The third-order valence-corrected chi connectivity index (χ3v) is 6.86. The number of thiazole rings is 1. The maximum Gasteiger partial charge on any atom is 0.417 e. The van der Waals surface area contributed by atoms with Crippen LogP contribution in [0.3, 0.4) is 0 Å². The maximum atomic E-state index is 14.6. The molecule has 0 saturated carbocycles. The highest BCUT2D eigenvalue weighted by Gasteiger charge is 2.46. The molecule has 1 N–H and O–H groups in total. The van der Waals surface area contributed by atoms with Gasteiger partial charge in [0.25, 0.3) is 11.8 Å². The number of carbonyl (C=O) groups is 1. The molecule has 1 amide bonds.